The fourth-order valence-electron chi connectivity index (χ4n) is 11.5. The van der Waals surface area contributed by atoms with E-state index in [-0.39, 0.29) is 60.4 Å². The van der Waals surface area contributed by atoms with E-state index in [9.17, 15) is 28.0 Å². The smallest absolute Gasteiger partial charge is 0.358 e. The van der Waals surface area contributed by atoms with Crippen LogP contribution in [0.15, 0.2) is 146 Å². The maximum Gasteiger partial charge on any atom is 0.373 e. The Labute approximate surface area is 519 Å². The average Bonchev–Trinajstić information content (AvgIpc) is 0.878. The first-order valence-corrected chi connectivity index (χ1v) is 29.9. The van der Waals surface area contributed by atoms with Crippen molar-refractivity contribution < 1.29 is 56.6 Å². The van der Waals surface area contributed by atoms with Gasteiger partial charge in [0.1, 0.15) is 48.1 Å². The summed E-state index contributed by atoms with van der Waals surface area (Å²) in [6.07, 6.45) is 0.619. The lowest BCUT2D eigenvalue weighted by atomic mass is 9.88. The second-order valence-corrected chi connectivity index (χ2v) is 23.6. The van der Waals surface area contributed by atoms with Crippen molar-refractivity contribution in [2.75, 3.05) is 26.2 Å². The van der Waals surface area contributed by atoms with Gasteiger partial charge in [-0.05, 0) is 131 Å². The summed E-state index contributed by atoms with van der Waals surface area (Å²) in [7, 11) is 0. The van der Waals surface area contributed by atoms with Crippen molar-refractivity contribution in [3.05, 3.63) is 211 Å². The van der Waals surface area contributed by atoms with Gasteiger partial charge in [-0.25, -0.2) is 8.78 Å². The summed E-state index contributed by atoms with van der Waals surface area (Å²) in [5, 5.41) is 2.33. The molecule has 0 spiro atoms. The van der Waals surface area contributed by atoms with E-state index in [0.717, 1.165) is 46.2 Å². The van der Waals surface area contributed by atoms with Crippen LogP contribution in [0.25, 0.3) is 0 Å². The molecule has 14 nitrogen and oxygen atoms in total. The van der Waals surface area contributed by atoms with Gasteiger partial charge in [0.25, 0.3) is 11.8 Å². The van der Waals surface area contributed by atoms with Crippen LogP contribution in [0.3, 0.4) is 0 Å². The third-order valence-electron chi connectivity index (χ3n) is 15.5. The summed E-state index contributed by atoms with van der Waals surface area (Å²) in [5.41, 5.74) is 4.87. The number of hydrogen-bond donors (Lipinski definition) is 0. The minimum atomic E-state index is -0.864. The highest BCUT2D eigenvalue weighted by molar-refractivity contribution is 6.31. The van der Waals surface area contributed by atoms with Crippen molar-refractivity contribution in [3.63, 3.8) is 0 Å². The molecule has 0 N–H and O–H groups in total. The zero-order chi connectivity index (χ0) is 62.2. The molecule has 1 unspecified atom stereocenters. The number of morpholine rings is 2. The number of amides is 4. The molecule has 4 fully saturated rings. The maximum atomic E-state index is 14.4. The van der Waals surface area contributed by atoms with Crippen LogP contribution >= 0.6 is 46.4 Å². The molecule has 452 valence electrons. The first kappa shape index (κ1) is 66.4. The van der Waals surface area contributed by atoms with Crippen LogP contribution in [0.2, 0.25) is 20.1 Å². The van der Waals surface area contributed by atoms with Gasteiger partial charge in [-0.3, -0.25) is 19.2 Å². The third kappa shape index (κ3) is 16.7. The molecule has 0 aromatic heterocycles. The van der Waals surface area contributed by atoms with Gasteiger partial charge in [0.05, 0.1) is 12.1 Å². The topological polar surface area (TPSA) is 168 Å². The SMILES string of the molecule is CCC[C@@H](C(=O)N1CC(C)C1)N1C(=O)[C@@H](Cc2ccc(F)cc2)OC(c2ccc(Cl)cc2)[C@@H]1c1ccc(Cl)cc1.CCC[C@H](C(=O)N1CC(C)C1)N1C(=O)[C@H](Cc2ccc(F)cc2)O[C@@H](c2ccc(Cl)cc2)[C@H]1c1ccc(Cl)cc1.O=C=O.O=C=O. The van der Waals surface area contributed by atoms with Crippen LogP contribution in [0.5, 0.6) is 0 Å². The lowest BCUT2D eigenvalue weighted by molar-refractivity contribution is -0.193. The zero-order valence-electron chi connectivity index (χ0n) is 47.8. The summed E-state index contributed by atoms with van der Waals surface area (Å²) in [6.45, 7) is 11.0. The molecular formula is C66H66Cl4F2N4O10. The Morgan fingerprint density at radius 1 is 0.477 bits per heavy atom. The predicted molar refractivity (Wildman–Crippen MR) is 319 cm³/mol. The third-order valence-corrected chi connectivity index (χ3v) is 16.5. The summed E-state index contributed by atoms with van der Waals surface area (Å²) >= 11 is 24.9. The largest absolute Gasteiger partial charge is 0.373 e. The Morgan fingerprint density at radius 3 is 1.00 bits per heavy atom. The Balaban J connectivity index is 0.000000226. The highest BCUT2D eigenvalue weighted by Crippen LogP contribution is 2.47. The Morgan fingerprint density at radius 2 is 0.744 bits per heavy atom. The molecule has 0 bridgehead atoms. The van der Waals surface area contributed by atoms with Crippen LogP contribution in [0, 0.1) is 23.5 Å². The predicted octanol–water partition coefficient (Wildman–Crippen LogP) is 12.9. The van der Waals surface area contributed by atoms with E-state index in [1.807, 2.05) is 72.2 Å². The van der Waals surface area contributed by atoms with Crippen molar-refractivity contribution >= 4 is 82.3 Å². The normalized spacial score (nSPS) is 20.9. The quantitative estimate of drug-likeness (QED) is 0.0909. The highest BCUT2D eigenvalue weighted by atomic mass is 35.5. The number of halogens is 6. The Bertz CT molecular complexity index is 3070. The molecule has 0 radical (unpaired) electrons. The molecular weight excluding hydrogens is 1190 g/mol. The highest BCUT2D eigenvalue weighted by Gasteiger charge is 2.51. The van der Waals surface area contributed by atoms with E-state index in [0.29, 0.717) is 70.9 Å². The number of ether oxygens (including phenoxy) is 2. The number of hydrogen-bond acceptors (Lipinski definition) is 10. The van der Waals surface area contributed by atoms with Crippen molar-refractivity contribution in [2.45, 2.75) is 115 Å². The number of nitrogens with zero attached hydrogens (tertiary/aromatic N) is 4. The van der Waals surface area contributed by atoms with Gasteiger partial charge >= 0.3 is 12.3 Å². The lowest BCUT2D eigenvalue weighted by Gasteiger charge is -2.49. The average molecular weight is 1260 g/mol. The van der Waals surface area contributed by atoms with Gasteiger partial charge in [0.15, 0.2) is 0 Å². The number of likely N-dealkylation sites (tertiary alicyclic amines) is 2. The molecule has 86 heavy (non-hydrogen) atoms. The molecule has 4 amide bonds. The summed E-state index contributed by atoms with van der Waals surface area (Å²) in [4.78, 5) is 96.4. The Hall–Kier alpha value is -7.10. The first-order valence-electron chi connectivity index (χ1n) is 28.3. The van der Waals surface area contributed by atoms with Crippen molar-refractivity contribution in [2.24, 2.45) is 11.8 Å². The summed E-state index contributed by atoms with van der Waals surface area (Å²) in [5.74, 6) is -0.404. The van der Waals surface area contributed by atoms with Crippen LogP contribution in [-0.2, 0) is 60.7 Å². The standard InChI is InChI=1S/2C32H33Cl2FN2O3.2CO2/c2*1-3-4-27(31(38)36-18-20(2)19-36)37-29(22-7-11-24(33)12-8-22)30(23-9-13-25(34)14-10-23)40-28(32(37)39)17-21-5-15-26(35)16-6-21;2*2-1-3/h2*5-16,20,27-30H,3-4,17-19H2,1-2H3;;/t27-,28+,29-,30?;27-,28+,29-,30+;;/m01../s1. The molecule has 8 atom stereocenters. The molecule has 6 aromatic rings. The van der Waals surface area contributed by atoms with Gasteiger partial charge in [-0.1, -0.05) is 160 Å². The van der Waals surface area contributed by atoms with Crippen molar-refractivity contribution in [3.8, 4) is 0 Å². The summed E-state index contributed by atoms with van der Waals surface area (Å²) < 4.78 is 40.5. The fourth-order valence-corrected chi connectivity index (χ4v) is 12.0. The number of carbonyl (C=O) groups is 4. The fraction of sp³-hybridized carbons (Fsp3) is 0.364. The first-order chi connectivity index (χ1) is 41.3. The minimum Gasteiger partial charge on any atom is -0.358 e. The molecule has 4 heterocycles. The van der Waals surface area contributed by atoms with Gasteiger partial charge in [-0.15, -0.1) is 0 Å². The summed E-state index contributed by atoms with van der Waals surface area (Å²) in [6, 6.07) is 39.2. The minimum absolute atomic E-state index is 0.0375. The van der Waals surface area contributed by atoms with Crippen LogP contribution in [0.1, 0.15) is 111 Å². The van der Waals surface area contributed by atoms with E-state index in [1.54, 1.807) is 82.6 Å². The second kappa shape index (κ2) is 31.5. The van der Waals surface area contributed by atoms with E-state index in [1.165, 1.54) is 24.3 Å². The van der Waals surface area contributed by atoms with Gasteiger partial charge in [0, 0.05) is 59.1 Å². The van der Waals surface area contributed by atoms with Crippen LogP contribution in [0.4, 0.5) is 8.78 Å². The van der Waals surface area contributed by atoms with Gasteiger partial charge in [-0.2, -0.15) is 19.2 Å². The zero-order valence-corrected chi connectivity index (χ0v) is 50.9. The van der Waals surface area contributed by atoms with E-state index in [4.69, 9.17) is 75.1 Å². The lowest BCUT2D eigenvalue weighted by Crippen LogP contribution is -2.62. The molecule has 20 heteroatoms. The molecule has 6 aromatic carbocycles. The molecule has 4 saturated heterocycles. The molecule has 4 aliphatic rings. The molecule has 0 aliphatic carbocycles. The van der Waals surface area contributed by atoms with Crippen molar-refractivity contribution in [1.29, 1.82) is 0 Å². The maximum absolute atomic E-state index is 14.4. The van der Waals surface area contributed by atoms with E-state index < -0.39 is 48.6 Å². The van der Waals surface area contributed by atoms with Gasteiger partial charge in [0.2, 0.25) is 11.8 Å². The number of benzene rings is 6. The van der Waals surface area contributed by atoms with Crippen LogP contribution < -0.4 is 0 Å². The van der Waals surface area contributed by atoms with E-state index in [2.05, 4.69) is 13.8 Å². The van der Waals surface area contributed by atoms with E-state index >= 15 is 0 Å². The Kier molecular flexibility index (Phi) is 24.3. The monoisotopic (exact) mass is 1250 g/mol. The molecule has 0 saturated carbocycles. The van der Waals surface area contributed by atoms with Crippen molar-refractivity contribution in [1.82, 2.24) is 19.6 Å². The van der Waals surface area contributed by atoms with Gasteiger partial charge < -0.3 is 29.1 Å². The number of rotatable bonds is 16. The van der Waals surface area contributed by atoms with Crippen LogP contribution in [-0.4, -0.2) is 106 Å². The molecule has 4 aliphatic heterocycles. The number of carbonyl (C=O) groups excluding carboxylic acids is 8. The second-order valence-electron chi connectivity index (χ2n) is 21.8. The molecule has 10 rings (SSSR count).